The third-order valence-electron chi connectivity index (χ3n) is 4.90. The third kappa shape index (κ3) is 4.32. The minimum atomic E-state index is 0.232. The number of aromatic nitrogens is 2. The second-order valence-corrected chi connectivity index (χ2v) is 6.60. The molecule has 128 valence electrons. The molecule has 0 saturated carbocycles. The molecule has 1 aromatic heterocycles. The Bertz CT molecular complexity index is 510. The van der Waals surface area contributed by atoms with Gasteiger partial charge in [-0.1, -0.05) is 0 Å². The van der Waals surface area contributed by atoms with Crippen molar-refractivity contribution in [1.29, 1.82) is 0 Å². The number of hydrogen-bond acceptors (Lipinski definition) is 4. The van der Waals surface area contributed by atoms with Crippen LogP contribution in [0, 0.1) is 0 Å². The van der Waals surface area contributed by atoms with Crippen LogP contribution in [0.4, 0.5) is 0 Å². The van der Waals surface area contributed by atoms with Gasteiger partial charge in [-0.2, -0.15) is 5.10 Å². The summed E-state index contributed by atoms with van der Waals surface area (Å²) in [6.45, 7) is 5.73. The van der Waals surface area contributed by atoms with Gasteiger partial charge in [0.2, 0.25) is 5.91 Å². The number of likely N-dealkylation sites (tertiary alicyclic amines) is 1. The molecular weight excluding hydrogens is 292 g/mol. The fourth-order valence-corrected chi connectivity index (χ4v) is 3.60. The number of rotatable bonds is 6. The molecule has 1 atom stereocenters. The summed E-state index contributed by atoms with van der Waals surface area (Å²) in [7, 11) is 1.93. The maximum atomic E-state index is 12.6. The molecule has 1 aromatic rings. The van der Waals surface area contributed by atoms with E-state index in [4.69, 9.17) is 4.74 Å². The highest BCUT2D eigenvalue weighted by Crippen LogP contribution is 2.32. The number of morpholine rings is 1. The molecule has 3 heterocycles. The third-order valence-corrected chi connectivity index (χ3v) is 4.90. The van der Waals surface area contributed by atoms with Gasteiger partial charge in [0.25, 0.3) is 0 Å². The largest absolute Gasteiger partial charge is 0.379 e. The Morgan fingerprint density at radius 2 is 2.13 bits per heavy atom. The summed E-state index contributed by atoms with van der Waals surface area (Å²) in [6.07, 6.45) is 8.83. The summed E-state index contributed by atoms with van der Waals surface area (Å²) in [5.41, 5.74) is 1.17. The molecule has 0 radical (unpaired) electrons. The Hall–Kier alpha value is -1.40. The SMILES string of the molecule is Cn1cc(C2CCCN2C(=O)CCCCN2CCOCC2)cn1. The van der Waals surface area contributed by atoms with Crippen molar-refractivity contribution in [1.82, 2.24) is 19.6 Å². The Morgan fingerprint density at radius 3 is 2.87 bits per heavy atom. The van der Waals surface area contributed by atoms with Crippen LogP contribution < -0.4 is 0 Å². The van der Waals surface area contributed by atoms with Crippen LogP contribution in [0.1, 0.15) is 43.7 Å². The molecule has 0 spiro atoms. The molecule has 2 saturated heterocycles. The number of aryl methyl sites for hydroxylation is 1. The predicted molar refractivity (Wildman–Crippen MR) is 88.0 cm³/mol. The zero-order valence-electron chi connectivity index (χ0n) is 14.1. The van der Waals surface area contributed by atoms with E-state index >= 15 is 0 Å². The predicted octanol–water partition coefficient (Wildman–Crippen LogP) is 1.59. The molecule has 6 nitrogen and oxygen atoms in total. The van der Waals surface area contributed by atoms with E-state index in [9.17, 15) is 4.79 Å². The molecule has 6 heteroatoms. The highest BCUT2D eigenvalue weighted by atomic mass is 16.5. The monoisotopic (exact) mass is 320 g/mol. The summed E-state index contributed by atoms with van der Waals surface area (Å²) in [5, 5.41) is 4.25. The van der Waals surface area contributed by atoms with Crippen LogP contribution in [0.2, 0.25) is 0 Å². The van der Waals surface area contributed by atoms with Crippen molar-refractivity contribution < 1.29 is 9.53 Å². The Morgan fingerprint density at radius 1 is 1.30 bits per heavy atom. The number of carbonyl (C=O) groups excluding carboxylic acids is 1. The number of nitrogens with zero attached hydrogens (tertiary/aromatic N) is 4. The van der Waals surface area contributed by atoms with Gasteiger partial charge in [-0.3, -0.25) is 14.4 Å². The van der Waals surface area contributed by atoms with Gasteiger partial charge in [0.05, 0.1) is 25.5 Å². The van der Waals surface area contributed by atoms with E-state index in [1.165, 1.54) is 5.56 Å². The van der Waals surface area contributed by atoms with Crippen LogP contribution >= 0.6 is 0 Å². The number of hydrogen-bond donors (Lipinski definition) is 0. The van der Waals surface area contributed by atoms with Gasteiger partial charge in [0, 0.05) is 44.9 Å². The first-order valence-electron chi connectivity index (χ1n) is 8.82. The zero-order chi connectivity index (χ0) is 16.1. The Labute approximate surface area is 138 Å². The average molecular weight is 320 g/mol. The van der Waals surface area contributed by atoms with Crippen molar-refractivity contribution in [3.63, 3.8) is 0 Å². The molecule has 0 aliphatic carbocycles. The highest BCUT2D eigenvalue weighted by molar-refractivity contribution is 5.77. The summed E-state index contributed by atoms with van der Waals surface area (Å²) < 4.78 is 7.18. The fourth-order valence-electron chi connectivity index (χ4n) is 3.60. The molecule has 23 heavy (non-hydrogen) atoms. The molecule has 2 fully saturated rings. The van der Waals surface area contributed by atoms with Crippen LogP contribution in [0.15, 0.2) is 12.4 Å². The number of amides is 1. The van der Waals surface area contributed by atoms with Crippen molar-refractivity contribution in [2.24, 2.45) is 7.05 Å². The lowest BCUT2D eigenvalue weighted by molar-refractivity contribution is -0.132. The van der Waals surface area contributed by atoms with Gasteiger partial charge in [0.15, 0.2) is 0 Å². The van der Waals surface area contributed by atoms with Crippen LogP contribution in [-0.2, 0) is 16.6 Å². The minimum absolute atomic E-state index is 0.232. The second kappa shape index (κ2) is 7.93. The van der Waals surface area contributed by atoms with Gasteiger partial charge in [-0.15, -0.1) is 0 Å². The van der Waals surface area contributed by atoms with Crippen LogP contribution in [0.3, 0.4) is 0 Å². The highest BCUT2D eigenvalue weighted by Gasteiger charge is 2.30. The fraction of sp³-hybridized carbons (Fsp3) is 0.765. The van der Waals surface area contributed by atoms with Crippen molar-refractivity contribution in [3.8, 4) is 0 Å². The van der Waals surface area contributed by atoms with Crippen molar-refractivity contribution in [2.75, 3.05) is 39.4 Å². The van der Waals surface area contributed by atoms with Gasteiger partial charge in [-0.25, -0.2) is 0 Å². The van der Waals surface area contributed by atoms with Gasteiger partial charge in [0.1, 0.15) is 0 Å². The molecule has 2 aliphatic rings. The molecule has 3 rings (SSSR count). The van der Waals surface area contributed by atoms with E-state index in [0.717, 1.165) is 65.1 Å². The Kier molecular flexibility index (Phi) is 5.67. The first-order valence-corrected chi connectivity index (χ1v) is 8.82. The van der Waals surface area contributed by atoms with Crippen molar-refractivity contribution in [3.05, 3.63) is 18.0 Å². The lowest BCUT2D eigenvalue weighted by Gasteiger charge is -2.27. The summed E-state index contributed by atoms with van der Waals surface area (Å²) in [6, 6.07) is 0.232. The standard InChI is InChI=1S/C17H28N4O2/c1-19-14-15(13-18-19)16-5-4-8-21(16)17(22)6-2-3-7-20-9-11-23-12-10-20/h13-14,16H,2-12H2,1H3. The lowest BCUT2D eigenvalue weighted by Crippen LogP contribution is -2.37. The maximum absolute atomic E-state index is 12.6. The summed E-state index contributed by atoms with van der Waals surface area (Å²) >= 11 is 0. The smallest absolute Gasteiger partial charge is 0.223 e. The van der Waals surface area contributed by atoms with Crippen molar-refractivity contribution >= 4 is 5.91 Å². The molecule has 1 unspecified atom stereocenters. The molecule has 0 bridgehead atoms. The van der Waals surface area contributed by atoms with E-state index < -0.39 is 0 Å². The van der Waals surface area contributed by atoms with Crippen molar-refractivity contribution in [2.45, 2.75) is 38.1 Å². The molecule has 0 aromatic carbocycles. The number of carbonyl (C=O) groups is 1. The summed E-state index contributed by atoms with van der Waals surface area (Å²) in [5.74, 6) is 0.304. The van der Waals surface area contributed by atoms with E-state index in [2.05, 4.69) is 14.9 Å². The average Bonchev–Trinajstić information content (AvgIpc) is 3.21. The lowest BCUT2D eigenvalue weighted by atomic mass is 10.1. The second-order valence-electron chi connectivity index (χ2n) is 6.60. The van der Waals surface area contributed by atoms with E-state index in [-0.39, 0.29) is 6.04 Å². The normalized spacial score (nSPS) is 22.7. The van der Waals surface area contributed by atoms with Gasteiger partial charge >= 0.3 is 0 Å². The van der Waals surface area contributed by atoms with Gasteiger partial charge in [-0.05, 0) is 32.2 Å². The van der Waals surface area contributed by atoms with Gasteiger partial charge < -0.3 is 9.64 Å². The summed E-state index contributed by atoms with van der Waals surface area (Å²) in [4.78, 5) is 17.0. The van der Waals surface area contributed by atoms with Crippen LogP contribution in [0.25, 0.3) is 0 Å². The molecule has 1 amide bonds. The zero-order valence-corrected chi connectivity index (χ0v) is 14.1. The first kappa shape index (κ1) is 16.5. The first-order chi connectivity index (χ1) is 11.2. The van der Waals surface area contributed by atoms with Crippen LogP contribution in [-0.4, -0.2) is 64.9 Å². The Balaban J connectivity index is 1.42. The molecular formula is C17H28N4O2. The van der Waals surface area contributed by atoms with E-state index in [1.54, 1.807) is 0 Å². The molecule has 0 N–H and O–H groups in total. The number of unbranched alkanes of at least 4 members (excludes halogenated alkanes) is 1. The quantitative estimate of drug-likeness (QED) is 0.747. The van der Waals surface area contributed by atoms with Crippen LogP contribution in [0.5, 0.6) is 0 Å². The topological polar surface area (TPSA) is 50.6 Å². The maximum Gasteiger partial charge on any atom is 0.223 e. The molecule has 2 aliphatic heterocycles. The minimum Gasteiger partial charge on any atom is -0.379 e. The number of ether oxygens (including phenoxy) is 1. The van der Waals surface area contributed by atoms with E-state index in [1.807, 2.05) is 24.1 Å². The van der Waals surface area contributed by atoms with E-state index in [0.29, 0.717) is 12.3 Å².